The van der Waals surface area contributed by atoms with Gasteiger partial charge in [-0.3, -0.25) is 14.3 Å². The van der Waals surface area contributed by atoms with E-state index >= 15 is 0 Å². The fourth-order valence-electron chi connectivity index (χ4n) is 2.12. The Hall–Kier alpha value is -4.02. The van der Waals surface area contributed by atoms with E-state index in [2.05, 4.69) is 25.9 Å². The van der Waals surface area contributed by atoms with Gasteiger partial charge in [0.1, 0.15) is 0 Å². The number of amides is 2. The highest BCUT2D eigenvalue weighted by atomic mass is 16.6. The van der Waals surface area contributed by atoms with Crippen LogP contribution in [0.15, 0.2) is 42.6 Å². The molecule has 3 rings (SSSR count). The number of H-pyrrole nitrogens is 1. The van der Waals surface area contributed by atoms with Gasteiger partial charge in [-0.2, -0.15) is 5.10 Å². The van der Waals surface area contributed by atoms with Crippen molar-refractivity contribution in [3.8, 4) is 0 Å². The first-order valence-electron chi connectivity index (χ1n) is 7.34. The maximum atomic E-state index is 12.1. The van der Waals surface area contributed by atoms with Crippen LogP contribution in [0.2, 0.25) is 0 Å². The standard InChI is InChI=1S/C15H13N7O4/c1-21-6-5-11(20-21)14(23)16-9-3-2-4-10(7-9)17-15(24)12-8-13(19-18-12)22(25)26/h2-8H,1H3,(H,16,23)(H,17,24)(H,18,19). The predicted octanol–water partition coefficient (Wildman–Crippen LogP) is 1.56. The van der Waals surface area contributed by atoms with Crippen molar-refractivity contribution in [1.29, 1.82) is 0 Å². The molecule has 0 aliphatic heterocycles. The van der Waals surface area contributed by atoms with Gasteiger partial charge in [0.2, 0.25) is 0 Å². The average Bonchev–Trinajstić information content (AvgIpc) is 3.24. The van der Waals surface area contributed by atoms with Gasteiger partial charge in [0.25, 0.3) is 11.8 Å². The van der Waals surface area contributed by atoms with E-state index in [1.165, 1.54) is 4.68 Å². The van der Waals surface area contributed by atoms with Crippen LogP contribution in [0, 0.1) is 10.1 Å². The molecule has 0 radical (unpaired) electrons. The summed E-state index contributed by atoms with van der Waals surface area (Å²) in [5, 5.41) is 25.6. The van der Waals surface area contributed by atoms with E-state index in [1.54, 1.807) is 43.6 Å². The minimum Gasteiger partial charge on any atom is -0.358 e. The Morgan fingerprint density at radius 1 is 1.12 bits per heavy atom. The maximum Gasteiger partial charge on any atom is 0.343 e. The van der Waals surface area contributed by atoms with Crippen molar-refractivity contribution in [1.82, 2.24) is 20.0 Å². The van der Waals surface area contributed by atoms with Crippen LogP contribution >= 0.6 is 0 Å². The lowest BCUT2D eigenvalue weighted by atomic mass is 10.2. The van der Waals surface area contributed by atoms with Crippen LogP contribution in [-0.2, 0) is 7.05 Å². The summed E-state index contributed by atoms with van der Waals surface area (Å²) in [5.41, 5.74) is 0.969. The molecule has 2 amide bonds. The normalized spacial score (nSPS) is 10.3. The molecule has 0 atom stereocenters. The van der Waals surface area contributed by atoms with Crippen LogP contribution in [0.4, 0.5) is 17.2 Å². The molecule has 0 spiro atoms. The summed E-state index contributed by atoms with van der Waals surface area (Å²) in [5.74, 6) is -1.40. The van der Waals surface area contributed by atoms with Crippen molar-refractivity contribution < 1.29 is 14.5 Å². The number of carbonyl (C=O) groups is 2. The van der Waals surface area contributed by atoms with Crippen molar-refractivity contribution in [2.75, 3.05) is 10.6 Å². The molecule has 3 aromatic rings. The van der Waals surface area contributed by atoms with Crippen LogP contribution in [0.5, 0.6) is 0 Å². The second-order valence-electron chi connectivity index (χ2n) is 5.26. The summed E-state index contributed by atoms with van der Waals surface area (Å²) in [4.78, 5) is 34.1. The van der Waals surface area contributed by atoms with Crippen molar-refractivity contribution in [2.45, 2.75) is 0 Å². The van der Waals surface area contributed by atoms with Crippen molar-refractivity contribution in [2.24, 2.45) is 7.05 Å². The van der Waals surface area contributed by atoms with E-state index in [4.69, 9.17) is 0 Å². The van der Waals surface area contributed by atoms with Gasteiger partial charge in [-0.15, -0.1) is 5.10 Å². The Morgan fingerprint density at radius 3 is 2.31 bits per heavy atom. The molecular weight excluding hydrogens is 342 g/mol. The Morgan fingerprint density at radius 2 is 1.77 bits per heavy atom. The summed E-state index contributed by atoms with van der Waals surface area (Å²) < 4.78 is 1.51. The van der Waals surface area contributed by atoms with Crippen LogP contribution in [0.1, 0.15) is 21.0 Å². The third-order valence-corrected chi connectivity index (χ3v) is 3.32. The molecule has 0 fully saturated rings. The minimum absolute atomic E-state index is 0.125. The van der Waals surface area contributed by atoms with Gasteiger partial charge >= 0.3 is 5.82 Å². The highest BCUT2D eigenvalue weighted by Crippen LogP contribution is 2.17. The zero-order valence-electron chi connectivity index (χ0n) is 13.5. The summed E-state index contributed by atoms with van der Waals surface area (Å²) in [6, 6.07) is 9.04. The van der Waals surface area contributed by atoms with Gasteiger partial charge in [-0.25, -0.2) is 0 Å². The molecule has 0 aliphatic carbocycles. The zero-order chi connectivity index (χ0) is 18.7. The summed E-state index contributed by atoms with van der Waals surface area (Å²) >= 11 is 0. The predicted molar refractivity (Wildman–Crippen MR) is 90.8 cm³/mol. The van der Waals surface area contributed by atoms with E-state index in [0.717, 1.165) is 6.07 Å². The van der Waals surface area contributed by atoms with Crippen LogP contribution in [0.25, 0.3) is 0 Å². The fraction of sp³-hybridized carbons (Fsp3) is 0.0667. The van der Waals surface area contributed by atoms with Crippen LogP contribution in [-0.4, -0.2) is 36.7 Å². The number of nitrogens with zero attached hydrogens (tertiary/aromatic N) is 4. The molecule has 0 unspecified atom stereocenters. The molecule has 0 bridgehead atoms. The van der Waals surface area contributed by atoms with Gasteiger partial charge in [0.15, 0.2) is 11.4 Å². The Balaban J connectivity index is 1.69. The number of rotatable bonds is 5. The second kappa shape index (κ2) is 6.84. The first-order valence-corrected chi connectivity index (χ1v) is 7.34. The molecule has 1 aromatic carbocycles. The van der Waals surface area contributed by atoms with E-state index in [9.17, 15) is 19.7 Å². The SMILES string of the molecule is Cn1ccc(C(=O)Nc2cccc(NC(=O)c3cc([N+](=O)[O-])[nH]n3)c2)n1. The van der Waals surface area contributed by atoms with Crippen LogP contribution in [0.3, 0.4) is 0 Å². The number of nitro groups is 1. The molecular formula is C15H13N7O4. The molecule has 0 aliphatic rings. The highest BCUT2D eigenvalue weighted by Gasteiger charge is 2.17. The van der Waals surface area contributed by atoms with Crippen LogP contribution < -0.4 is 10.6 Å². The summed E-state index contributed by atoms with van der Waals surface area (Å²) in [6.45, 7) is 0. The number of benzene rings is 1. The highest BCUT2D eigenvalue weighted by molar-refractivity contribution is 6.05. The van der Waals surface area contributed by atoms with Crippen molar-refractivity contribution in [3.63, 3.8) is 0 Å². The Kier molecular flexibility index (Phi) is 4.43. The maximum absolute atomic E-state index is 12.1. The van der Waals surface area contributed by atoms with Gasteiger partial charge < -0.3 is 20.7 Å². The largest absolute Gasteiger partial charge is 0.358 e. The molecule has 11 nitrogen and oxygen atoms in total. The lowest BCUT2D eigenvalue weighted by Crippen LogP contribution is -2.14. The first kappa shape index (κ1) is 16.8. The second-order valence-corrected chi connectivity index (χ2v) is 5.26. The molecule has 132 valence electrons. The van der Waals surface area contributed by atoms with E-state index < -0.39 is 16.7 Å². The quantitative estimate of drug-likeness (QED) is 0.467. The molecule has 2 aromatic heterocycles. The number of carbonyl (C=O) groups excluding carboxylic acids is 2. The van der Waals surface area contributed by atoms with Gasteiger partial charge in [-0.05, 0) is 29.2 Å². The molecule has 0 saturated heterocycles. The molecule has 2 heterocycles. The fourth-order valence-corrected chi connectivity index (χ4v) is 2.12. The number of nitrogens with one attached hydrogen (secondary N) is 3. The number of aromatic nitrogens is 4. The zero-order valence-corrected chi connectivity index (χ0v) is 13.5. The van der Waals surface area contributed by atoms with E-state index in [-0.39, 0.29) is 17.2 Å². The minimum atomic E-state index is -0.683. The smallest absolute Gasteiger partial charge is 0.343 e. The number of anilines is 2. The number of aryl methyl sites for hydroxylation is 1. The summed E-state index contributed by atoms with van der Waals surface area (Å²) in [6.07, 6.45) is 1.65. The monoisotopic (exact) mass is 355 g/mol. The van der Waals surface area contributed by atoms with Gasteiger partial charge in [-0.1, -0.05) is 11.2 Å². The van der Waals surface area contributed by atoms with Crippen molar-refractivity contribution in [3.05, 3.63) is 64.1 Å². The lowest BCUT2D eigenvalue weighted by molar-refractivity contribution is -0.389. The molecule has 3 N–H and O–H groups in total. The van der Waals surface area contributed by atoms with E-state index in [0.29, 0.717) is 11.4 Å². The Bertz CT molecular complexity index is 991. The summed E-state index contributed by atoms with van der Waals surface area (Å²) in [7, 11) is 1.70. The van der Waals surface area contributed by atoms with Crippen molar-refractivity contribution >= 4 is 29.0 Å². The molecule has 26 heavy (non-hydrogen) atoms. The third-order valence-electron chi connectivity index (χ3n) is 3.32. The molecule has 11 heteroatoms. The number of aromatic amines is 1. The third kappa shape index (κ3) is 3.72. The molecule has 0 saturated carbocycles. The number of hydrogen-bond donors (Lipinski definition) is 3. The first-order chi connectivity index (χ1) is 12.4. The van der Waals surface area contributed by atoms with Gasteiger partial charge in [0, 0.05) is 24.6 Å². The van der Waals surface area contributed by atoms with Gasteiger partial charge in [0.05, 0.1) is 6.07 Å². The van der Waals surface area contributed by atoms with E-state index in [1.807, 2.05) is 0 Å². The average molecular weight is 355 g/mol. The number of hydrogen-bond acceptors (Lipinski definition) is 6. The lowest BCUT2D eigenvalue weighted by Gasteiger charge is -2.07. The topological polar surface area (TPSA) is 148 Å². The Labute approximate surface area is 146 Å².